The van der Waals surface area contributed by atoms with E-state index >= 15 is 0 Å². The van der Waals surface area contributed by atoms with E-state index in [9.17, 15) is 0 Å². The van der Waals surface area contributed by atoms with Gasteiger partial charge in [0.1, 0.15) is 5.52 Å². The maximum atomic E-state index is 5.97. The molecule has 0 aliphatic rings. The zero-order chi connectivity index (χ0) is 13.4. The zero-order valence-electron chi connectivity index (χ0n) is 9.85. The molecule has 19 heavy (non-hydrogen) atoms. The third kappa shape index (κ3) is 2.50. The minimum Gasteiger partial charge on any atom is -0.369 e. The second kappa shape index (κ2) is 4.94. The van der Waals surface area contributed by atoms with Crippen molar-refractivity contribution in [3.63, 3.8) is 0 Å². The molecule has 0 saturated heterocycles. The second-order valence-corrected chi connectivity index (χ2v) is 6.01. The molecule has 0 bridgehead atoms. The van der Waals surface area contributed by atoms with Crippen LogP contribution in [0.2, 0.25) is 0 Å². The van der Waals surface area contributed by atoms with E-state index in [1.165, 1.54) is 0 Å². The van der Waals surface area contributed by atoms with Crippen LogP contribution >= 0.6 is 31.9 Å². The van der Waals surface area contributed by atoms with Crippen LogP contribution in [-0.4, -0.2) is 14.5 Å². The molecule has 3 rings (SSSR count). The first-order valence-corrected chi connectivity index (χ1v) is 7.24. The van der Waals surface area contributed by atoms with Gasteiger partial charge in [0.25, 0.3) is 0 Å². The van der Waals surface area contributed by atoms with E-state index in [0.29, 0.717) is 12.5 Å². The lowest BCUT2D eigenvalue weighted by molar-refractivity contribution is 0.827. The Morgan fingerprint density at radius 3 is 2.58 bits per heavy atom. The van der Waals surface area contributed by atoms with Gasteiger partial charge in [0.15, 0.2) is 5.65 Å². The highest BCUT2D eigenvalue weighted by molar-refractivity contribution is 9.10. The maximum Gasteiger partial charge on any atom is 0.202 e. The van der Waals surface area contributed by atoms with Gasteiger partial charge in [0.2, 0.25) is 5.95 Å². The summed E-state index contributed by atoms with van der Waals surface area (Å²) in [6.07, 6.45) is 1.75. The Hall–Kier alpha value is -1.40. The fraction of sp³-hybridized carbons (Fsp3) is 0.0769. The van der Waals surface area contributed by atoms with Crippen LogP contribution in [0, 0.1) is 0 Å². The summed E-state index contributed by atoms with van der Waals surface area (Å²) < 4.78 is 3.86. The number of rotatable bonds is 2. The van der Waals surface area contributed by atoms with Gasteiger partial charge in [-0.3, -0.25) is 4.57 Å². The number of hydrogen-bond donors (Lipinski definition) is 1. The summed E-state index contributed by atoms with van der Waals surface area (Å²) in [6, 6.07) is 10.0. The summed E-state index contributed by atoms with van der Waals surface area (Å²) >= 11 is 6.81. The smallest absolute Gasteiger partial charge is 0.202 e. The van der Waals surface area contributed by atoms with Crippen molar-refractivity contribution in [1.29, 1.82) is 0 Å². The molecule has 0 aliphatic heterocycles. The highest BCUT2D eigenvalue weighted by Crippen LogP contribution is 2.21. The quantitative estimate of drug-likeness (QED) is 0.737. The highest BCUT2D eigenvalue weighted by Gasteiger charge is 2.10. The number of fused-ring (bicyclic) bond motifs is 1. The Kier molecular flexibility index (Phi) is 3.28. The monoisotopic (exact) mass is 380 g/mol. The van der Waals surface area contributed by atoms with Crippen LogP contribution in [0.1, 0.15) is 5.56 Å². The molecule has 1 aromatic carbocycles. The van der Waals surface area contributed by atoms with Gasteiger partial charge in [-0.15, -0.1) is 0 Å². The Balaban J connectivity index is 2.05. The topological polar surface area (TPSA) is 56.7 Å². The lowest BCUT2D eigenvalue weighted by Crippen LogP contribution is -2.05. The van der Waals surface area contributed by atoms with E-state index in [0.717, 1.165) is 25.7 Å². The van der Waals surface area contributed by atoms with Crippen molar-refractivity contribution in [2.75, 3.05) is 5.73 Å². The summed E-state index contributed by atoms with van der Waals surface area (Å²) in [5.41, 5.74) is 8.71. The molecule has 4 nitrogen and oxygen atoms in total. The van der Waals surface area contributed by atoms with Crippen LogP contribution in [0.15, 0.2) is 45.5 Å². The first-order chi connectivity index (χ1) is 9.13. The first-order valence-electron chi connectivity index (χ1n) is 5.65. The number of anilines is 1. The maximum absolute atomic E-state index is 5.97. The molecule has 0 unspecified atom stereocenters. The van der Waals surface area contributed by atoms with Gasteiger partial charge in [-0.05, 0) is 39.7 Å². The van der Waals surface area contributed by atoms with Gasteiger partial charge in [-0.25, -0.2) is 9.97 Å². The highest BCUT2D eigenvalue weighted by atomic mass is 79.9. The molecular weight excluding hydrogens is 372 g/mol. The number of aromatic nitrogens is 3. The van der Waals surface area contributed by atoms with Crippen molar-refractivity contribution in [2.45, 2.75) is 6.54 Å². The lowest BCUT2D eigenvalue weighted by atomic mass is 10.2. The van der Waals surface area contributed by atoms with E-state index in [2.05, 4.69) is 41.8 Å². The van der Waals surface area contributed by atoms with Crippen LogP contribution in [0.25, 0.3) is 11.2 Å². The number of halogens is 2. The number of imidazole rings is 1. The molecule has 2 heterocycles. The number of pyridine rings is 1. The number of nitrogen functional groups attached to an aromatic ring is 1. The van der Waals surface area contributed by atoms with E-state index < -0.39 is 0 Å². The zero-order valence-corrected chi connectivity index (χ0v) is 13.0. The first kappa shape index (κ1) is 12.6. The van der Waals surface area contributed by atoms with Crippen LogP contribution in [-0.2, 0) is 6.54 Å². The number of benzene rings is 1. The fourth-order valence-corrected chi connectivity index (χ4v) is 2.52. The molecule has 0 spiro atoms. The van der Waals surface area contributed by atoms with Crippen molar-refractivity contribution in [3.05, 3.63) is 51.0 Å². The van der Waals surface area contributed by atoms with E-state index in [-0.39, 0.29) is 0 Å². The normalized spacial score (nSPS) is 11.1. The van der Waals surface area contributed by atoms with Crippen molar-refractivity contribution >= 4 is 49.0 Å². The van der Waals surface area contributed by atoms with Gasteiger partial charge in [-0.1, -0.05) is 28.1 Å². The molecular formula is C13H10Br2N4. The fourth-order valence-electron chi connectivity index (χ4n) is 1.93. The summed E-state index contributed by atoms with van der Waals surface area (Å²) in [6.45, 7) is 0.657. The third-order valence-corrected chi connectivity index (χ3v) is 3.80. The second-order valence-electron chi connectivity index (χ2n) is 4.18. The molecule has 0 fully saturated rings. The minimum absolute atomic E-state index is 0.475. The van der Waals surface area contributed by atoms with E-state index in [4.69, 9.17) is 5.73 Å². The Bertz CT molecular complexity index is 734. The average Bonchev–Trinajstić information content (AvgIpc) is 2.68. The molecule has 2 N–H and O–H groups in total. The molecule has 2 aromatic heterocycles. The lowest BCUT2D eigenvalue weighted by Gasteiger charge is -2.06. The number of nitrogens with zero attached hydrogens (tertiary/aromatic N) is 3. The largest absolute Gasteiger partial charge is 0.369 e. The summed E-state index contributed by atoms with van der Waals surface area (Å²) in [4.78, 5) is 8.71. The van der Waals surface area contributed by atoms with Crippen molar-refractivity contribution < 1.29 is 0 Å². The standard InChI is InChI=1S/C13H10Br2N4/c14-9-3-1-8(2-4-9)7-19-12-11(18-13(19)16)5-10(15)6-17-12/h1-6H,7H2,(H2,16,18). The van der Waals surface area contributed by atoms with Gasteiger partial charge >= 0.3 is 0 Å². The predicted octanol–water partition coefficient (Wildman–Crippen LogP) is 3.59. The minimum atomic E-state index is 0.475. The third-order valence-electron chi connectivity index (χ3n) is 2.84. The number of nitrogens with two attached hydrogens (primary N) is 1. The van der Waals surface area contributed by atoms with Crippen molar-refractivity contribution in [3.8, 4) is 0 Å². The molecule has 3 aromatic rings. The molecule has 0 atom stereocenters. The SMILES string of the molecule is Nc1nc2cc(Br)cnc2n1Cc1ccc(Br)cc1. The van der Waals surface area contributed by atoms with Crippen LogP contribution in [0.3, 0.4) is 0 Å². The van der Waals surface area contributed by atoms with E-state index in [1.54, 1.807) is 6.20 Å². The molecule has 96 valence electrons. The molecule has 0 amide bonds. The van der Waals surface area contributed by atoms with E-state index in [1.807, 2.05) is 34.9 Å². The molecule has 0 aliphatic carbocycles. The average molecular weight is 382 g/mol. The van der Waals surface area contributed by atoms with Gasteiger partial charge in [-0.2, -0.15) is 0 Å². The summed E-state index contributed by atoms with van der Waals surface area (Å²) in [5.74, 6) is 0.475. The molecule has 0 saturated carbocycles. The predicted molar refractivity (Wildman–Crippen MR) is 82.9 cm³/mol. The molecule has 0 radical (unpaired) electrons. The van der Waals surface area contributed by atoms with Crippen LogP contribution in [0.5, 0.6) is 0 Å². The van der Waals surface area contributed by atoms with Crippen molar-refractivity contribution in [1.82, 2.24) is 14.5 Å². The van der Waals surface area contributed by atoms with Gasteiger partial charge in [0.05, 0.1) is 6.54 Å². The van der Waals surface area contributed by atoms with Crippen molar-refractivity contribution in [2.24, 2.45) is 0 Å². The molecule has 6 heteroatoms. The van der Waals surface area contributed by atoms with Crippen LogP contribution < -0.4 is 5.73 Å². The van der Waals surface area contributed by atoms with Crippen LogP contribution in [0.4, 0.5) is 5.95 Å². The summed E-state index contributed by atoms with van der Waals surface area (Å²) in [5, 5.41) is 0. The Morgan fingerprint density at radius 1 is 1.11 bits per heavy atom. The van der Waals surface area contributed by atoms with Gasteiger partial charge < -0.3 is 5.73 Å². The van der Waals surface area contributed by atoms with Gasteiger partial charge in [0, 0.05) is 15.1 Å². The Morgan fingerprint density at radius 2 is 1.84 bits per heavy atom. The summed E-state index contributed by atoms with van der Waals surface area (Å²) in [7, 11) is 0. The number of hydrogen-bond acceptors (Lipinski definition) is 3. The Labute approximate surface area is 126 Å².